The summed E-state index contributed by atoms with van der Waals surface area (Å²) in [7, 11) is 3.09. The molecule has 0 fully saturated rings. The number of amides is 1. The van der Waals surface area contributed by atoms with Crippen LogP contribution in [0.5, 0.6) is 0 Å². The third-order valence-electron chi connectivity index (χ3n) is 4.01. The Labute approximate surface area is 154 Å². The first-order chi connectivity index (χ1) is 12.5. The zero-order valence-corrected chi connectivity index (χ0v) is 15.7. The number of guanidine groups is 1. The number of hydrogen-bond acceptors (Lipinski definition) is 3. The van der Waals surface area contributed by atoms with Crippen molar-refractivity contribution in [2.24, 2.45) is 4.99 Å². The van der Waals surface area contributed by atoms with E-state index in [9.17, 15) is 4.79 Å². The van der Waals surface area contributed by atoms with Crippen molar-refractivity contribution < 1.29 is 9.53 Å². The van der Waals surface area contributed by atoms with Gasteiger partial charge in [-0.3, -0.25) is 10.3 Å². The molecule has 0 aromatic heterocycles. The Kier molecular flexibility index (Phi) is 7.02. The highest BCUT2D eigenvalue weighted by Gasteiger charge is 2.03. The molecule has 0 aliphatic carbocycles. The van der Waals surface area contributed by atoms with Crippen molar-refractivity contribution in [2.45, 2.75) is 26.9 Å². The van der Waals surface area contributed by atoms with E-state index in [1.54, 1.807) is 7.05 Å². The molecule has 3 N–H and O–H groups in total. The Morgan fingerprint density at radius 2 is 1.73 bits per heavy atom. The van der Waals surface area contributed by atoms with Gasteiger partial charge in [-0.25, -0.2) is 4.79 Å². The maximum absolute atomic E-state index is 11.2. The molecule has 2 aromatic rings. The molecule has 26 heavy (non-hydrogen) atoms. The number of ether oxygens (including phenoxy) is 1. The lowest BCUT2D eigenvalue weighted by Gasteiger charge is -2.14. The van der Waals surface area contributed by atoms with Crippen molar-refractivity contribution in [3.63, 3.8) is 0 Å². The number of aliphatic imine (C=N–C) groups is 1. The number of rotatable bonds is 5. The maximum Gasteiger partial charge on any atom is 0.411 e. The molecule has 0 spiro atoms. The van der Waals surface area contributed by atoms with Gasteiger partial charge < -0.3 is 15.4 Å². The zero-order chi connectivity index (χ0) is 18.9. The van der Waals surface area contributed by atoms with Crippen molar-refractivity contribution in [3.05, 3.63) is 64.7 Å². The van der Waals surface area contributed by atoms with Gasteiger partial charge in [-0.15, -0.1) is 0 Å². The minimum Gasteiger partial charge on any atom is -0.453 e. The molecule has 0 aliphatic rings. The standard InChI is InChI=1S/C20H26N4O2/c1-14-5-8-17(15(2)11-14)13-23-19(21-3)22-12-16-6-9-18(10-7-16)24-20(25)26-4/h5-11H,12-13H2,1-4H3,(H,24,25)(H2,21,22,23). The number of aryl methyl sites for hydroxylation is 2. The van der Waals surface area contributed by atoms with E-state index in [2.05, 4.69) is 57.7 Å². The average molecular weight is 354 g/mol. The fourth-order valence-electron chi connectivity index (χ4n) is 2.50. The molecule has 6 nitrogen and oxygen atoms in total. The average Bonchev–Trinajstić information content (AvgIpc) is 2.64. The van der Waals surface area contributed by atoms with Crippen molar-refractivity contribution in [2.75, 3.05) is 19.5 Å². The van der Waals surface area contributed by atoms with Crippen molar-refractivity contribution in [1.29, 1.82) is 0 Å². The summed E-state index contributed by atoms with van der Waals surface area (Å²) in [5.41, 5.74) is 5.55. The Morgan fingerprint density at radius 1 is 1.04 bits per heavy atom. The van der Waals surface area contributed by atoms with Crippen LogP contribution >= 0.6 is 0 Å². The van der Waals surface area contributed by atoms with Gasteiger partial charge in [-0.1, -0.05) is 35.9 Å². The van der Waals surface area contributed by atoms with E-state index in [1.165, 1.54) is 23.8 Å². The number of carbonyl (C=O) groups is 1. The van der Waals surface area contributed by atoms with Crippen LogP contribution in [0.3, 0.4) is 0 Å². The number of nitrogens with one attached hydrogen (secondary N) is 3. The van der Waals surface area contributed by atoms with E-state index in [-0.39, 0.29) is 0 Å². The van der Waals surface area contributed by atoms with Gasteiger partial charge in [0.15, 0.2) is 5.96 Å². The summed E-state index contributed by atoms with van der Waals surface area (Å²) >= 11 is 0. The maximum atomic E-state index is 11.2. The van der Waals surface area contributed by atoms with Gasteiger partial charge in [-0.2, -0.15) is 0 Å². The first-order valence-electron chi connectivity index (χ1n) is 8.46. The summed E-state index contributed by atoms with van der Waals surface area (Å²) < 4.78 is 4.57. The number of benzene rings is 2. The predicted molar refractivity (Wildman–Crippen MR) is 105 cm³/mol. The molecule has 1 amide bonds. The molecular weight excluding hydrogens is 328 g/mol. The number of anilines is 1. The largest absolute Gasteiger partial charge is 0.453 e. The first kappa shape index (κ1) is 19.3. The minimum absolute atomic E-state index is 0.480. The van der Waals surface area contributed by atoms with Crippen molar-refractivity contribution in [1.82, 2.24) is 10.6 Å². The van der Waals surface area contributed by atoms with E-state index in [1.807, 2.05) is 24.3 Å². The third kappa shape index (κ3) is 5.81. The molecule has 0 unspecified atom stereocenters. The molecule has 0 saturated heterocycles. The molecular formula is C20H26N4O2. The molecule has 0 radical (unpaired) electrons. The summed E-state index contributed by atoms with van der Waals surface area (Å²) in [4.78, 5) is 15.4. The molecule has 0 saturated carbocycles. The van der Waals surface area contributed by atoms with E-state index in [0.717, 1.165) is 11.5 Å². The molecule has 2 rings (SSSR count). The van der Waals surface area contributed by atoms with Crippen LogP contribution in [0.4, 0.5) is 10.5 Å². The fraction of sp³-hybridized carbons (Fsp3) is 0.300. The van der Waals surface area contributed by atoms with E-state index in [0.29, 0.717) is 18.8 Å². The van der Waals surface area contributed by atoms with Crippen LogP contribution < -0.4 is 16.0 Å². The molecule has 0 aliphatic heterocycles. The van der Waals surface area contributed by atoms with Crippen LogP contribution in [0.15, 0.2) is 47.5 Å². The van der Waals surface area contributed by atoms with Crippen molar-refractivity contribution in [3.8, 4) is 0 Å². The van der Waals surface area contributed by atoms with Gasteiger partial charge in [0.2, 0.25) is 0 Å². The zero-order valence-electron chi connectivity index (χ0n) is 15.7. The number of nitrogens with zero attached hydrogens (tertiary/aromatic N) is 1. The molecule has 0 heterocycles. The SMILES string of the molecule is CN=C(NCc1ccc(NC(=O)OC)cc1)NCc1ccc(C)cc1C. The third-order valence-corrected chi connectivity index (χ3v) is 4.01. The molecule has 6 heteroatoms. The second-order valence-corrected chi connectivity index (χ2v) is 6.02. The van der Waals surface area contributed by atoms with Crippen LogP contribution in [-0.4, -0.2) is 26.2 Å². The van der Waals surface area contributed by atoms with Crippen molar-refractivity contribution >= 4 is 17.7 Å². The second-order valence-electron chi connectivity index (χ2n) is 6.02. The lowest BCUT2D eigenvalue weighted by Crippen LogP contribution is -2.36. The quantitative estimate of drug-likeness (QED) is 0.569. The second kappa shape index (κ2) is 9.46. The Hall–Kier alpha value is -3.02. The van der Waals surface area contributed by atoms with Crippen LogP contribution in [0.25, 0.3) is 0 Å². The van der Waals surface area contributed by atoms with Gasteiger partial charge in [-0.05, 0) is 42.7 Å². The van der Waals surface area contributed by atoms with Gasteiger partial charge >= 0.3 is 6.09 Å². The number of carbonyl (C=O) groups excluding carboxylic acids is 1. The van der Waals surface area contributed by atoms with Crippen LogP contribution in [0, 0.1) is 13.8 Å². The highest BCUT2D eigenvalue weighted by Crippen LogP contribution is 2.11. The van der Waals surface area contributed by atoms with Crippen LogP contribution in [0.1, 0.15) is 22.3 Å². The Balaban J connectivity index is 1.85. The van der Waals surface area contributed by atoms with Gasteiger partial charge in [0.05, 0.1) is 7.11 Å². The first-order valence-corrected chi connectivity index (χ1v) is 8.46. The summed E-state index contributed by atoms with van der Waals surface area (Å²) in [6, 6.07) is 14.0. The topological polar surface area (TPSA) is 74.8 Å². The van der Waals surface area contributed by atoms with Gasteiger partial charge in [0, 0.05) is 25.8 Å². The Morgan fingerprint density at radius 3 is 2.35 bits per heavy atom. The molecule has 2 aromatic carbocycles. The summed E-state index contributed by atoms with van der Waals surface area (Å²) in [6.07, 6.45) is -0.480. The predicted octanol–water partition coefficient (Wildman–Crippen LogP) is 3.35. The fourth-order valence-corrected chi connectivity index (χ4v) is 2.50. The normalized spacial score (nSPS) is 11.0. The van der Waals surface area contributed by atoms with Gasteiger partial charge in [0.25, 0.3) is 0 Å². The number of methoxy groups -OCH3 is 1. The van der Waals surface area contributed by atoms with Crippen LogP contribution in [0.2, 0.25) is 0 Å². The summed E-state index contributed by atoms with van der Waals surface area (Å²) in [5, 5.41) is 9.24. The van der Waals surface area contributed by atoms with Gasteiger partial charge in [0.1, 0.15) is 0 Å². The lowest BCUT2D eigenvalue weighted by atomic mass is 10.1. The van der Waals surface area contributed by atoms with E-state index in [4.69, 9.17) is 0 Å². The summed E-state index contributed by atoms with van der Waals surface area (Å²) in [6.45, 7) is 5.56. The minimum atomic E-state index is -0.480. The monoisotopic (exact) mass is 354 g/mol. The van der Waals surface area contributed by atoms with Crippen LogP contribution in [-0.2, 0) is 17.8 Å². The smallest absolute Gasteiger partial charge is 0.411 e. The van der Waals surface area contributed by atoms with E-state index < -0.39 is 6.09 Å². The number of hydrogen-bond donors (Lipinski definition) is 3. The summed E-state index contributed by atoms with van der Waals surface area (Å²) in [5.74, 6) is 0.738. The highest BCUT2D eigenvalue weighted by molar-refractivity contribution is 5.84. The highest BCUT2D eigenvalue weighted by atomic mass is 16.5. The molecule has 138 valence electrons. The lowest BCUT2D eigenvalue weighted by molar-refractivity contribution is 0.187. The molecule has 0 bridgehead atoms. The molecule has 0 atom stereocenters. The van der Waals surface area contributed by atoms with E-state index >= 15 is 0 Å². The Bertz CT molecular complexity index is 770.